The van der Waals surface area contributed by atoms with Crippen LogP contribution in [0.25, 0.3) is 66.6 Å². The topological polar surface area (TPSA) is 198 Å². The number of nitrogens with zero attached hydrogens (tertiary/aromatic N) is 12. The standard InChI is InChI=1S/C24H30N6O2.C23H28N6O2.C5H12N2.CH4O.K.H2O/c1-27-8-10-29(11-9-27)12-13-30-16-18(19-14-17-6-5-7-25-23(17)28(19)2)22-20(30)15-21(31-3)24(26-22)32-4;1-27-7-9-28(10-8-27)11-12-29-15-17(18-13-16-5-4-6-24-22(16)25-18)21-19(29)14-20(30-2)23(26-21)31-3;1-7-4-2-6-3-5-7;1-2;;/h5-7,14-16H,8-13H2,1-4H3;4-6,13-15H,7-12H2,1-3H3,(H,24,25);6H,2-5H2,1H3;2H,1H3;;1H2/q;;;;+1;/p-1. The van der Waals surface area contributed by atoms with Crippen LogP contribution in [0.3, 0.4) is 0 Å². The minimum absolute atomic E-state index is 0. The first-order valence-corrected chi connectivity index (χ1v) is 24.9. The second-order valence-electron chi connectivity index (χ2n) is 18.6. The molecular weight excluding hydrogens is 968 g/mol. The van der Waals surface area contributed by atoms with Crippen LogP contribution in [-0.4, -0.2) is 222 Å². The van der Waals surface area contributed by atoms with Crippen molar-refractivity contribution in [2.75, 3.05) is 148 Å². The van der Waals surface area contributed by atoms with Gasteiger partial charge in [0.1, 0.15) is 22.3 Å². The number of piperazine rings is 3. The zero-order valence-electron chi connectivity index (χ0n) is 45.1. The van der Waals surface area contributed by atoms with E-state index in [0.717, 1.165) is 165 Å². The first-order valence-electron chi connectivity index (χ1n) is 24.9. The van der Waals surface area contributed by atoms with Crippen LogP contribution in [0.5, 0.6) is 23.3 Å². The number of hydrogen-bond donors (Lipinski definition) is 3. The molecule has 3 fully saturated rings. The van der Waals surface area contributed by atoms with E-state index in [4.69, 9.17) is 34.0 Å². The van der Waals surface area contributed by atoms with E-state index >= 15 is 0 Å². The van der Waals surface area contributed by atoms with Crippen molar-refractivity contribution in [2.45, 2.75) is 13.1 Å². The molecule has 4 N–H and O–H groups in total. The SMILES string of the molecule is CN1CCNCC1.CO.COc1cc2c(nc1OC)c(-c1cc3cccnc3[nH]1)cn2CCN1CCN(C)CC1.COc1cc2c(nc1OC)c(-c1cc3cccnc3n1C)cn2CCN1CCN(C)CC1.[K+].[OH-]. The first-order chi connectivity index (χ1) is 35.1. The minimum Gasteiger partial charge on any atom is -0.870 e. The van der Waals surface area contributed by atoms with Gasteiger partial charge in [-0.05, 0) is 57.5 Å². The molecule has 394 valence electrons. The van der Waals surface area contributed by atoms with Crippen molar-refractivity contribution >= 4 is 44.1 Å². The molecule has 0 spiro atoms. The largest absolute Gasteiger partial charge is 1.00 e. The fourth-order valence-corrected chi connectivity index (χ4v) is 9.62. The number of ether oxygens (including phenoxy) is 4. The van der Waals surface area contributed by atoms with Gasteiger partial charge in [-0.15, -0.1) is 0 Å². The van der Waals surface area contributed by atoms with Crippen LogP contribution in [0, 0.1) is 0 Å². The number of nitrogens with one attached hydrogen (secondary N) is 2. The van der Waals surface area contributed by atoms with Gasteiger partial charge in [-0.1, -0.05) is 0 Å². The third-order valence-corrected chi connectivity index (χ3v) is 14.0. The van der Waals surface area contributed by atoms with Gasteiger partial charge < -0.3 is 68.2 Å². The molecule has 0 saturated carbocycles. The molecule has 3 aliphatic rings. The Balaban J connectivity index is 0.000000202. The second kappa shape index (κ2) is 27.9. The van der Waals surface area contributed by atoms with Gasteiger partial charge >= 0.3 is 51.4 Å². The van der Waals surface area contributed by atoms with Crippen molar-refractivity contribution in [3.8, 4) is 45.8 Å². The average molecular weight is 1040 g/mol. The molecule has 0 bridgehead atoms. The Morgan fingerprint density at radius 2 is 1.05 bits per heavy atom. The Hall–Kier alpha value is -4.72. The Bertz CT molecular complexity index is 2970. The molecule has 0 radical (unpaired) electrons. The first kappa shape index (κ1) is 58.5. The van der Waals surface area contributed by atoms with Gasteiger partial charge in [-0.25, -0.2) is 19.9 Å². The van der Waals surface area contributed by atoms with Crippen molar-refractivity contribution in [1.29, 1.82) is 0 Å². The molecule has 3 aliphatic heterocycles. The van der Waals surface area contributed by atoms with Crippen molar-refractivity contribution in [3.63, 3.8) is 0 Å². The third kappa shape index (κ3) is 13.6. The maximum absolute atomic E-state index is 7.00. The van der Waals surface area contributed by atoms with E-state index in [1.807, 2.05) is 30.5 Å². The summed E-state index contributed by atoms with van der Waals surface area (Å²) in [5.74, 6) is 2.26. The van der Waals surface area contributed by atoms with Crippen molar-refractivity contribution in [2.24, 2.45) is 7.05 Å². The van der Waals surface area contributed by atoms with Gasteiger partial charge in [-0.2, -0.15) is 0 Å². The van der Waals surface area contributed by atoms with E-state index in [2.05, 4.69) is 123 Å². The van der Waals surface area contributed by atoms with E-state index in [1.54, 1.807) is 34.6 Å². The number of aliphatic hydroxyl groups excluding tert-OH is 1. The number of aromatic nitrogens is 8. The van der Waals surface area contributed by atoms with Crippen LogP contribution in [0.2, 0.25) is 0 Å². The Labute approximate surface area is 477 Å². The molecule has 8 aromatic heterocycles. The number of aliphatic hydroxyl groups is 1. The summed E-state index contributed by atoms with van der Waals surface area (Å²) in [4.78, 5) is 34.2. The summed E-state index contributed by atoms with van der Waals surface area (Å²) in [5.41, 5.74) is 9.90. The fraction of sp³-hybridized carbons (Fsp3) is 0.472. The van der Waals surface area contributed by atoms with Crippen LogP contribution in [0.1, 0.15) is 0 Å². The van der Waals surface area contributed by atoms with Gasteiger partial charge in [0.05, 0.1) is 50.9 Å². The molecule has 0 aliphatic carbocycles. The normalized spacial score (nSPS) is 15.8. The predicted octanol–water partition coefficient (Wildman–Crippen LogP) is 1.66. The molecule has 0 amide bonds. The van der Waals surface area contributed by atoms with Crippen LogP contribution >= 0.6 is 0 Å². The smallest absolute Gasteiger partial charge is 0.870 e. The summed E-state index contributed by atoms with van der Waals surface area (Å²) < 4.78 is 28.8. The minimum atomic E-state index is 0. The van der Waals surface area contributed by atoms with Crippen LogP contribution in [-0.2, 0) is 20.1 Å². The second-order valence-corrected chi connectivity index (χ2v) is 18.6. The Morgan fingerprint density at radius 3 is 1.53 bits per heavy atom. The van der Waals surface area contributed by atoms with Crippen LogP contribution in [0.15, 0.2) is 73.3 Å². The number of H-pyrrole nitrogens is 1. The quantitative estimate of drug-likeness (QED) is 0.149. The predicted molar refractivity (Wildman–Crippen MR) is 289 cm³/mol. The summed E-state index contributed by atoms with van der Waals surface area (Å²) in [5, 5.41) is 12.5. The molecule has 20 nitrogen and oxygen atoms in total. The molecular formula is C53H75KN14O6. The number of likely N-dealkylation sites (N-methyl/N-ethyl adjacent to an activating group) is 3. The van der Waals surface area contributed by atoms with Crippen LogP contribution < -0.4 is 75.6 Å². The Morgan fingerprint density at radius 1 is 0.568 bits per heavy atom. The summed E-state index contributed by atoms with van der Waals surface area (Å²) >= 11 is 0. The maximum atomic E-state index is 7.00. The number of rotatable bonds is 12. The number of aromatic amines is 1. The van der Waals surface area contributed by atoms with Crippen molar-refractivity contribution in [1.82, 2.24) is 68.4 Å². The van der Waals surface area contributed by atoms with E-state index in [-0.39, 0.29) is 56.9 Å². The zero-order valence-corrected chi connectivity index (χ0v) is 48.3. The molecule has 0 atom stereocenters. The molecule has 74 heavy (non-hydrogen) atoms. The molecule has 0 aromatic carbocycles. The number of aryl methyl sites for hydroxylation is 1. The molecule has 0 unspecified atom stereocenters. The molecule has 3 saturated heterocycles. The molecule has 8 aromatic rings. The van der Waals surface area contributed by atoms with Gasteiger partial charge in [0, 0.05) is 178 Å². The van der Waals surface area contributed by atoms with Crippen molar-refractivity contribution in [3.05, 3.63) is 73.3 Å². The number of methoxy groups -OCH3 is 4. The Kier molecular flexibility index (Phi) is 22.1. The van der Waals surface area contributed by atoms with E-state index < -0.39 is 0 Å². The van der Waals surface area contributed by atoms with E-state index in [0.29, 0.717) is 23.3 Å². The van der Waals surface area contributed by atoms with E-state index in [1.165, 1.54) is 13.1 Å². The molecule has 11 heterocycles. The average Bonchev–Trinajstić information content (AvgIpc) is 4.20. The summed E-state index contributed by atoms with van der Waals surface area (Å²) in [6, 6.07) is 16.4. The van der Waals surface area contributed by atoms with Gasteiger partial charge in [-0.3, -0.25) is 9.80 Å². The van der Waals surface area contributed by atoms with Gasteiger partial charge in [0.15, 0.2) is 11.5 Å². The van der Waals surface area contributed by atoms with Crippen molar-refractivity contribution < 1.29 is 80.9 Å². The number of fused-ring (bicyclic) bond motifs is 4. The third-order valence-electron chi connectivity index (χ3n) is 14.0. The maximum Gasteiger partial charge on any atom is 1.00 e. The molecule has 11 rings (SSSR count). The van der Waals surface area contributed by atoms with E-state index in [9.17, 15) is 0 Å². The van der Waals surface area contributed by atoms with Gasteiger partial charge in [0.2, 0.25) is 0 Å². The van der Waals surface area contributed by atoms with Crippen LogP contribution in [0.4, 0.5) is 0 Å². The molecule has 21 heteroatoms. The summed E-state index contributed by atoms with van der Waals surface area (Å²) in [6.07, 6.45) is 8.02. The number of pyridine rings is 4. The number of hydrogen-bond acceptors (Lipinski definition) is 16. The summed E-state index contributed by atoms with van der Waals surface area (Å²) in [6.45, 7) is 17.4. The van der Waals surface area contributed by atoms with Gasteiger partial charge in [0.25, 0.3) is 11.8 Å². The fourth-order valence-electron chi connectivity index (χ4n) is 9.62. The zero-order chi connectivity index (χ0) is 50.7. The monoisotopic (exact) mass is 1040 g/mol. The summed E-state index contributed by atoms with van der Waals surface area (Å²) in [7, 11) is 16.1.